The molecule has 3 heterocycles. The van der Waals surface area contributed by atoms with E-state index in [2.05, 4.69) is 14.9 Å². The number of aromatic nitrogens is 2. The summed E-state index contributed by atoms with van der Waals surface area (Å²) in [5.74, 6) is 0.256. The van der Waals surface area contributed by atoms with Gasteiger partial charge in [0, 0.05) is 54.5 Å². The third kappa shape index (κ3) is 4.15. The molecule has 1 saturated heterocycles. The number of hydrogen-bond acceptors (Lipinski definition) is 6. The Morgan fingerprint density at radius 3 is 2.57 bits per heavy atom. The lowest BCUT2D eigenvalue weighted by molar-refractivity contribution is 0.102. The number of nitrogens with one attached hydrogen (secondary N) is 1. The average Bonchev–Trinajstić information content (AvgIpc) is 3.08. The van der Waals surface area contributed by atoms with Gasteiger partial charge in [-0.05, 0) is 32.2 Å². The topological polar surface area (TPSA) is 86.4 Å². The van der Waals surface area contributed by atoms with E-state index in [0.29, 0.717) is 23.7 Å². The lowest BCUT2D eigenvalue weighted by Crippen LogP contribution is -2.47. The number of rotatable bonds is 6. The van der Waals surface area contributed by atoms with Gasteiger partial charge in [0.15, 0.2) is 5.78 Å². The van der Waals surface area contributed by atoms with E-state index in [1.54, 1.807) is 12.1 Å². The number of piperazine rings is 1. The number of H-pyrrole nitrogens is 1. The van der Waals surface area contributed by atoms with E-state index in [0.717, 1.165) is 29.7 Å². The van der Waals surface area contributed by atoms with Gasteiger partial charge in [0.2, 0.25) is 10.0 Å². The van der Waals surface area contributed by atoms with Crippen LogP contribution in [0.15, 0.2) is 52.5 Å². The summed E-state index contributed by atoms with van der Waals surface area (Å²) in [5, 5.41) is 1.54. The monoisotopic (exact) mass is 444 g/mol. The van der Waals surface area contributed by atoms with Crippen molar-refractivity contribution < 1.29 is 13.2 Å². The number of aryl methyl sites for hydroxylation is 1. The van der Waals surface area contributed by atoms with E-state index >= 15 is 0 Å². The molecule has 0 spiro atoms. The van der Waals surface area contributed by atoms with Gasteiger partial charge in [-0.15, -0.1) is 0 Å². The second-order valence-electron chi connectivity index (χ2n) is 7.42. The van der Waals surface area contributed by atoms with Crippen LogP contribution in [0.3, 0.4) is 0 Å². The van der Waals surface area contributed by atoms with E-state index < -0.39 is 10.0 Å². The molecule has 0 atom stereocenters. The predicted octanol–water partition coefficient (Wildman–Crippen LogP) is 2.78. The number of hydrogen-bond donors (Lipinski definition) is 1. The van der Waals surface area contributed by atoms with Crippen molar-refractivity contribution >= 4 is 38.5 Å². The fourth-order valence-corrected chi connectivity index (χ4v) is 5.71. The van der Waals surface area contributed by atoms with E-state index in [-0.39, 0.29) is 16.4 Å². The van der Waals surface area contributed by atoms with Gasteiger partial charge in [-0.2, -0.15) is 4.31 Å². The molecule has 30 heavy (non-hydrogen) atoms. The summed E-state index contributed by atoms with van der Waals surface area (Å²) in [6.45, 7) is 4.29. The molecule has 1 aliphatic heterocycles. The summed E-state index contributed by atoms with van der Waals surface area (Å²) in [6.07, 6.45) is 1.39. The number of ketones is 1. The zero-order valence-electron chi connectivity index (χ0n) is 17.0. The molecular formula is C21H24N4O3S2. The molecule has 0 amide bonds. The van der Waals surface area contributed by atoms with Crippen molar-refractivity contribution in [2.75, 3.05) is 39.0 Å². The molecule has 9 heteroatoms. The summed E-state index contributed by atoms with van der Waals surface area (Å²) in [7, 11) is -1.55. The molecule has 0 unspecified atom stereocenters. The molecule has 158 valence electrons. The van der Waals surface area contributed by atoms with E-state index in [4.69, 9.17) is 0 Å². The van der Waals surface area contributed by atoms with Crippen molar-refractivity contribution in [3.63, 3.8) is 0 Å². The molecule has 1 fully saturated rings. The molecule has 4 rings (SSSR count). The fraction of sp³-hybridized carbons (Fsp3) is 0.333. The molecule has 1 aliphatic rings. The first-order valence-corrected chi connectivity index (χ1v) is 12.2. The first-order chi connectivity index (χ1) is 14.4. The van der Waals surface area contributed by atoms with Gasteiger partial charge in [0.05, 0.1) is 10.8 Å². The minimum atomic E-state index is -3.54. The molecule has 0 saturated carbocycles. The van der Waals surface area contributed by atoms with Gasteiger partial charge < -0.3 is 9.88 Å². The van der Waals surface area contributed by atoms with E-state index in [9.17, 15) is 13.2 Å². The van der Waals surface area contributed by atoms with Crippen LogP contribution >= 0.6 is 11.8 Å². The van der Waals surface area contributed by atoms with Crippen molar-refractivity contribution in [2.24, 2.45) is 0 Å². The SMILES string of the molecule is Cc1[nH]c2ccccc2c1C(=O)CSc1ccc(S(=O)(=O)N2CCN(C)CC2)cn1. The Morgan fingerprint density at radius 2 is 1.87 bits per heavy atom. The number of carbonyl (C=O) groups is 1. The van der Waals surface area contributed by atoms with Crippen LogP contribution in [-0.2, 0) is 10.0 Å². The van der Waals surface area contributed by atoms with Crippen molar-refractivity contribution in [2.45, 2.75) is 16.8 Å². The number of carbonyl (C=O) groups excluding carboxylic acids is 1. The molecule has 0 bridgehead atoms. The molecule has 1 N–H and O–H groups in total. The molecule has 3 aromatic rings. The third-order valence-corrected chi connectivity index (χ3v) is 8.16. The average molecular weight is 445 g/mol. The Hall–Kier alpha value is -2.20. The van der Waals surface area contributed by atoms with Crippen molar-refractivity contribution in [1.29, 1.82) is 0 Å². The molecular weight excluding hydrogens is 420 g/mol. The maximum Gasteiger partial charge on any atom is 0.244 e. The van der Waals surface area contributed by atoms with Gasteiger partial charge in [0.25, 0.3) is 0 Å². The summed E-state index contributed by atoms with van der Waals surface area (Å²) >= 11 is 1.31. The standard InChI is InChI=1S/C21H24N4O3S2/c1-15-21(17-5-3-4-6-18(17)23-15)19(26)14-29-20-8-7-16(13-22-20)30(27,28)25-11-9-24(2)10-12-25/h3-8,13,23H,9-12,14H2,1-2H3. The van der Waals surface area contributed by atoms with Crippen molar-refractivity contribution in [1.82, 2.24) is 19.2 Å². The second kappa shape index (κ2) is 8.50. The zero-order valence-corrected chi connectivity index (χ0v) is 18.6. The summed E-state index contributed by atoms with van der Waals surface area (Å²) < 4.78 is 27.1. The molecule has 0 aliphatic carbocycles. The van der Waals surface area contributed by atoms with E-state index in [1.165, 1.54) is 22.3 Å². The summed E-state index contributed by atoms with van der Waals surface area (Å²) in [4.78, 5) is 22.6. The van der Waals surface area contributed by atoms with Crippen LogP contribution in [-0.4, -0.2) is 72.4 Å². The number of sulfonamides is 1. The number of thioether (sulfide) groups is 1. The lowest BCUT2D eigenvalue weighted by atomic mass is 10.1. The quantitative estimate of drug-likeness (QED) is 0.465. The highest BCUT2D eigenvalue weighted by atomic mass is 32.2. The van der Waals surface area contributed by atoms with Crippen molar-refractivity contribution in [3.05, 3.63) is 53.9 Å². The van der Waals surface area contributed by atoms with Gasteiger partial charge in [0.1, 0.15) is 4.90 Å². The number of nitrogens with zero attached hydrogens (tertiary/aromatic N) is 3. The van der Waals surface area contributed by atoms with Crippen LogP contribution in [0.25, 0.3) is 10.9 Å². The summed E-state index contributed by atoms with van der Waals surface area (Å²) in [6, 6.07) is 11.0. The number of likely N-dealkylation sites (N-methyl/N-ethyl adjacent to an activating group) is 1. The Morgan fingerprint density at radius 1 is 1.13 bits per heavy atom. The smallest absolute Gasteiger partial charge is 0.244 e. The van der Waals surface area contributed by atoms with Crippen LogP contribution < -0.4 is 0 Å². The van der Waals surface area contributed by atoms with Crippen LogP contribution in [0.5, 0.6) is 0 Å². The van der Waals surface area contributed by atoms with Gasteiger partial charge in [-0.1, -0.05) is 30.0 Å². The number of pyridine rings is 1. The first-order valence-electron chi connectivity index (χ1n) is 9.74. The maximum absolute atomic E-state index is 12.8. The number of fused-ring (bicyclic) bond motifs is 1. The van der Waals surface area contributed by atoms with Crippen LogP contribution in [0, 0.1) is 6.92 Å². The van der Waals surface area contributed by atoms with Gasteiger partial charge >= 0.3 is 0 Å². The first kappa shape index (κ1) is 21.0. The van der Waals surface area contributed by atoms with Gasteiger partial charge in [-0.25, -0.2) is 13.4 Å². The molecule has 1 aromatic carbocycles. The highest BCUT2D eigenvalue weighted by Gasteiger charge is 2.27. The summed E-state index contributed by atoms with van der Waals surface area (Å²) in [5.41, 5.74) is 2.50. The van der Waals surface area contributed by atoms with Crippen LogP contribution in [0.1, 0.15) is 16.1 Å². The van der Waals surface area contributed by atoms with E-state index in [1.807, 2.05) is 38.2 Å². The largest absolute Gasteiger partial charge is 0.358 e. The lowest BCUT2D eigenvalue weighted by Gasteiger charge is -2.31. The second-order valence-corrected chi connectivity index (χ2v) is 10.4. The Labute approximate surface area is 180 Å². The number of benzene rings is 1. The molecule has 0 radical (unpaired) electrons. The molecule has 7 nitrogen and oxygen atoms in total. The Balaban J connectivity index is 1.44. The predicted molar refractivity (Wildman–Crippen MR) is 119 cm³/mol. The number of para-hydroxylation sites is 1. The normalized spacial score (nSPS) is 16.2. The Kier molecular flexibility index (Phi) is 5.97. The highest BCUT2D eigenvalue weighted by Crippen LogP contribution is 2.26. The van der Waals surface area contributed by atoms with Crippen molar-refractivity contribution in [3.8, 4) is 0 Å². The maximum atomic E-state index is 12.8. The molecule has 2 aromatic heterocycles. The van der Waals surface area contributed by atoms with Crippen LogP contribution in [0.4, 0.5) is 0 Å². The number of Topliss-reactive ketones (excluding diaryl/α,β-unsaturated/α-hetero) is 1. The zero-order chi connectivity index (χ0) is 21.3. The third-order valence-electron chi connectivity index (χ3n) is 5.33. The fourth-order valence-electron chi connectivity index (χ4n) is 3.63. The minimum Gasteiger partial charge on any atom is -0.358 e. The van der Waals surface area contributed by atoms with Gasteiger partial charge in [-0.3, -0.25) is 4.79 Å². The van der Waals surface area contributed by atoms with Crippen LogP contribution in [0.2, 0.25) is 0 Å². The highest BCUT2D eigenvalue weighted by molar-refractivity contribution is 7.99. The Bertz CT molecular complexity index is 1160. The number of aromatic amines is 1. The minimum absolute atomic E-state index is 0.0193.